The monoisotopic (exact) mass is 294 g/mol. The molecule has 0 aliphatic heterocycles. The number of hydrogen-bond donors (Lipinski definition) is 3. The first-order valence-corrected chi connectivity index (χ1v) is 6.75. The topological polar surface area (TPSA) is 101 Å². The summed E-state index contributed by atoms with van der Waals surface area (Å²) in [5.74, 6) is -0.0905. The third kappa shape index (κ3) is 2.80. The predicted octanol–water partition coefficient (Wildman–Crippen LogP) is 1.63. The molecule has 0 atom stereocenters. The second-order valence-electron chi connectivity index (χ2n) is 4.85. The van der Waals surface area contributed by atoms with E-state index in [9.17, 15) is 9.59 Å². The average Bonchev–Trinajstić information content (AvgIpc) is 2.53. The molecule has 0 bridgehead atoms. The number of anilines is 1. The molecule has 0 unspecified atom stereocenters. The number of amides is 1. The number of primary amides is 1. The van der Waals surface area contributed by atoms with Gasteiger partial charge in [0.05, 0.1) is 10.9 Å². The van der Waals surface area contributed by atoms with Crippen LogP contribution in [0.4, 0.5) is 5.95 Å². The highest BCUT2D eigenvalue weighted by molar-refractivity contribution is 5.92. The molecular formula is C16H14N4O2. The smallest absolute Gasteiger partial charge is 0.260 e. The summed E-state index contributed by atoms with van der Waals surface area (Å²) < 4.78 is 0. The third-order valence-corrected chi connectivity index (χ3v) is 3.28. The molecule has 1 aromatic heterocycles. The molecule has 6 heteroatoms. The second-order valence-corrected chi connectivity index (χ2v) is 4.85. The molecule has 0 aliphatic rings. The average molecular weight is 294 g/mol. The number of rotatable bonds is 4. The van der Waals surface area contributed by atoms with E-state index in [-0.39, 0.29) is 5.56 Å². The zero-order valence-electron chi connectivity index (χ0n) is 11.7. The van der Waals surface area contributed by atoms with E-state index in [4.69, 9.17) is 5.73 Å². The Morgan fingerprint density at radius 2 is 2.00 bits per heavy atom. The maximum Gasteiger partial charge on any atom is 0.260 e. The van der Waals surface area contributed by atoms with E-state index >= 15 is 0 Å². The number of aromatic amines is 1. The Morgan fingerprint density at radius 1 is 1.18 bits per heavy atom. The molecule has 1 amide bonds. The third-order valence-electron chi connectivity index (χ3n) is 3.28. The number of nitrogens with zero attached hydrogens (tertiary/aromatic N) is 1. The second kappa shape index (κ2) is 5.69. The number of H-pyrrole nitrogens is 1. The summed E-state index contributed by atoms with van der Waals surface area (Å²) in [7, 11) is 0. The molecule has 0 saturated heterocycles. The number of aromatic nitrogens is 2. The highest BCUT2D eigenvalue weighted by atomic mass is 16.1. The van der Waals surface area contributed by atoms with Gasteiger partial charge in [-0.25, -0.2) is 4.98 Å². The first-order chi connectivity index (χ1) is 10.6. The quantitative estimate of drug-likeness (QED) is 0.680. The predicted molar refractivity (Wildman–Crippen MR) is 84.7 cm³/mol. The van der Waals surface area contributed by atoms with Gasteiger partial charge in [-0.3, -0.25) is 14.6 Å². The summed E-state index contributed by atoms with van der Waals surface area (Å²) in [6.07, 6.45) is 0. The lowest BCUT2D eigenvalue weighted by Gasteiger charge is -2.07. The molecular weight excluding hydrogens is 280 g/mol. The maximum atomic E-state index is 12.0. The van der Waals surface area contributed by atoms with Gasteiger partial charge < -0.3 is 11.1 Å². The Labute approximate surface area is 126 Å². The minimum Gasteiger partial charge on any atom is -0.366 e. The van der Waals surface area contributed by atoms with Crippen LogP contribution in [0.2, 0.25) is 0 Å². The minimum atomic E-state index is -0.473. The van der Waals surface area contributed by atoms with Crippen molar-refractivity contribution >= 4 is 22.8 Å². The number of carbonyl (C=O) groups excluding carboxylic acids is 1. The summed E-state index contributed by atoms with van der Waals surface area (Å²) in [5, 5.41) is 3.59. The van der Waals surface area contributed by atoms with Crippen LogP contribution in [0.3, 0.4) is 0 Å². The van der Waals surface area contributed by atoms with Crippen molar-refractivity contribution in [2.75, 3.05) is 5.32 Å². The minimum absolute atomic E-state index is 0.195. The number of carbonyl (C=O) groups is 1. The fourth-order valence-corrected chi connectivity index (χ4v) is 2.19. The number of fused-ring (bicyclic) bond motifs is 1. The molecule has 0 saturated carbocycles. The van der Waals surface area contributed by atoms with Gasteiger partial charge in [0.15, 0.2) is 0 Å². The Balaban J connectivity index is 1.83. The lowest BCUT2D eigenvalue weighted by molar-refractivity contribution is 0.1000. The van der Waals surface area contributed by atoms with Crippen molar-refractivity contribution < 1.29 is 4.79 Å². The van der Waals surface area contributed by atoms with E-state index in [0.717, 1.165) is 5.56 Å². The van der Waals surface area contributed by atoms with E-state index < -0.39 is 5.91 Å². The van der Waals surface area contributed by atoms with E-state index in [1.54, 1.807) is 36.4 Å². The van der Waals surface area contributed by atoms with E-state index in [2.05, 4.69) is 15.3 Å². The van der Waals surface area contributed by atoms with Gasteiger partial charge in [-0.2, -0.15) is 0 Å². The lowest BCUT2D eigenvalue weighted by Crippen LogP contribution is -2.14. The summed E-state index contributed by atoms with van der Waals surface area (Å²) in [5.41, 5.74) is 6.99. The SMILES string of the molecule is NC(=O)c1cccc(CNc2nc3ccccc3c(=O)[nH]2)c1. The zero-order valence-corrected chi connectivity index (χ0v) is 11.7. The van der Waals surface area contributed by atoms with Gasteiger partial charge in [0.25, 0.3) is 5.56 Å². The number of nitrogens with two attached hydrogens (primary N) is 1. The largest absolute Gasteiger partial charge is 0.366 e. The van der Waals surface area contributed by atoms with Crippen molar-refractivity contribution in [2.24, 2.45) is 5.73 Å². The fourth-order valence-electron chi connectivity index (χ4n) is 2.19. The Kier molecular flexibility index (Phi) is 3.57. The molecule has 22 heavy (non-hydrogen) atoms. The van der Waals surface area contributed by atoms with Crippen molar-refractivity contribution in [1.82, 2.24) is 9.97 Å². The van der Waals surface area contributed by atoms with Crippen LogP contribution in [-0.4, -0.2) is 15.9 Å². The van der Waals surface area contributed by atoms with Crippen LogP contribution in [-0.2, 0) is 6.54 Å². The van der Waals surface area contributed by atoms with Crippen LogP contribution in [0.25, 0.3) is 10.9 Å². The van der Waals surface area contributed by atoms with Gasteiger partial charge in [-0.15, -0.1) is 0 Å². The van der Waals surface area contributed by atoms with Gasteiger partial charge >= 0.3 is 0 Å². The Hall–Kier alpha value is -3.15. The molecule has 6 nitrogen and oxygen atoms in total. The van der Waals surface area contributed by atoms with Crippen LogP contribution in [0.1, 0.15) is 15.9 Å². The number of hydrogen-bond acceptors (Lipinski definition) is 4. The molecule has 0 spiro atoms. The lowest BCUT2D eigenvalue weighted by atomic mass is 10.1. The van der Waals surface area contributed by atoms with Crippen molar-refractivity contribution in [1.29, 1.82) is 0 Å². The molecule has 110 valence electrons. The molecule has 3 rings (SSSR count). The van der Waals surface area contributed by atoms with Gasteiger partial charge in [-0.05, 0) is 29.8 Å². The zero-order chi connectivity index (χ0) is 15.5. The van der Waals surface area contributed by atoms with Gasteiger partial charge in [0.1, 0.15) is 0 Å². The molecule has 0 aliphatic carbocycles. The fraction of sp³-hybridized carbons (Fsp3) is 0.0625. The summed E-state index contributed by atoms with van der Waals surface area (Å²) in [4.78, 5) is 30.2. The standard InChI is InChI=1S/C16H14N4O2/c17-14(21)11-5-3-4-10(8-11)9-18-16-19-13-7-2-1-6-12(13)15(22)20-16/h1-8H,9H2,(H2,17,21)(H2,18,19,20,22). The summed E-state index contributed by atoms with van der Waals surface area (Å²) >= 11 is 0. The summed E-state index contributed by atoms with van der Waals surface area (Å²) in [6, 6.07) is 14.1. The van der Waals surface area contributed by atoms with Crippen LogP contribution in [0.15, 0.2) is 53.3 Å². The molecule has 3 aromatic rings. The van der Waals surface area contributed by atoms with Crippen LogP contribution in [0.5, 0.6) is 0 Å². The highest BCUT2D eigenvalue weighted by Gasteiger charge is 2.04. The normalized spacial score (nSPS) is 10.5. The number of nitrogens with one attached hydrogen (secondary N) is 2. The summed E-state index contributed by atoms with van der Waals surface area (Å²) in [6.45, 7) is 0.419. The molecule has 0 radical (unpaired) electrons. The number of benzene rings is 2. The Bertz CT molecular complexity index is 902. The molecule has 2 aromatic carbocycles. The van der Waals surface area contributed by atoms with Crippen molar-refractivity contribution in [3.05, 3.63) is 70.0 Å². The Morgan fingerprint density at radius 3 is 2.82 bits per heavy atom. The van der Waals surface area contributed by atoms with Crippen molar-refractivity contribution in [3.8, 4) is 0 Å². The molecule has 0 fully saturated rings. The van der Waals surface area contributed by atoms with Crippen LogP contribution < -0.4 is 16.6 Å². The van der Waals surface area contributed by atoms with Gasteiger partial charge in [0, 0.05) is 12.1 Å². The first kappa shape index (κ1) is 13.8. The van der Waals surface area contributed by atoms with Gasteiger partial charge in [0.2, 0.25) is 11.9 Å². The van der Waals surface area contributed by atoms with E-state index in [0.29, 0.717) is 29.0 Å². The maximum absolute atomic E-state index is 12.0. The highest BCUT2D eigenvalue weighted by Crippen LogP contribution is 2.10. The van der Waals surface area contributed by atoms with E-state index in [1.807, 2.05) is 12.1 Å². The molecule has 1 heterocycles. The van der Waals surface area contributed by atoms with Crippen molar-refractivity contribution in [3.63, 3.8) is 0 Å². The number of para-hydroxylation sites is 1. The van der Waals surface area contributed by atoms with E-state index in [1.165, 1.54) is 0 Å². The van der Waals surface area contributed by atoms with Crippen LogP contribution in [0, 0.1) is 0 Å². The van der Waals surface area contributed by atoms with Crippen molar-refractivity contribution in [2.45, 2.75) is 6.54 Å². The van der Waals surface area contributed by atoms with Gasteiger partial charge in [-0.1, -0.05) is 24.3 Å². The van der Waals surface area contributed by atoms with Crippen LogP contribution >= 0.6 is 0 Å². The molecule has 4 N–H and O–H groups in total. The first-order valence-electron chi connectivity index (χ1n) is 6.75.